The van der Waals surface area contributed by atoms with Crippen LogP contribution < -0.4 is 10.6 Å². The lowest BCUT2D eigenvalue weighted by Gasteiger charge is -2.29. The Morgan fingerprint density at radius 3 is 2.29 bits per heavy atom. The Morgan fingerprint density at radius 2 is 1.90 bits per heavy atom. The van der Waals surface area contributed by atoms with Gasteiger partial charge in [-0.05, 0) is 46.0 Å². The van der Waals surface area contributed by atoms with Gasteiger partial charge in [-0.2, -0.15) is 0 Å². The first-order valence-electron chi connectivity index (χ1n) is 7.73. The zero-order chi connectivity index (χ0) is 16.5. The third kappa shape index (κ3) is 5.83. The number of hydrogen-bond donors (Lipinski definition) is 3. The quantitative estimate of drug-likeness (QED) is 0.747. The minimum absolute atomic E-state index is 0.0403. The van der Waals surface area contributed by atoms with Gasteiger partial charge >= 0.3 is 6.03 Å². The molecule has 1 heterocycles. The van der Waals surface area contributed by atoms with Gasteiger partial charge in [0.2, 0.25) is 0 Å². The van der Waals surface area contributed by atoms with E-state index in [4.69, 9.17) is 4.74 Å². The summed E-state index contributed by atoms with van der Waals surface area (Å²) in [4.78, 5) is 12.2. The lowest BCUT2D eigenvalue weighted by molar-refractivity contribution is -0.0691. The first-order chi connectivity index (χ1) is 9.35. The molecule has 0 aromatic rings. The maximum Gasteiger partial charge on any atom is 0.315 e. The molecule has 21 heavy (non-hydrogen) atoms. The molecule has 0 spiro atoms. The van der Waals surface area contributed by atoms with E-state index in [-0.39, 0.29) is 41.3 Å². The zero-order valence-electron chi connectivity index (χ0n) is 14.5. The van der Waals surface area contributed by atoms with Crippen LogP contribution in [0.1, 0.15) is 61.3 Å². The van der Waals surface area contributed by atoms with Crippen molar-refractivity contribution < 1.29 is 14.6 Å². The van der Waals surface area contributed by atoms with Gasteiger partial charge in [-0.25, -0.2) is 4.79 Å². The van der Waals surface area contributed by atoms with Crippen molar-refractivity contribution in [3.8, 4) is 0 Å². The molecule has 1 saturated heterocycles. The molecule has 2 unspecified atom stereocenters. The minimum atomic E-state index is -0.389. The Kier molecular flexibility index (Phi) is 5.32. The van der Waals surface area contributed by atoms with Crippen LogP contribution in [0.2, 0.25) is 0 Å². The van der Waals surface area contributed by atoms with E-state index in [9.17, 15) is 9.90 Å². The van der Waals surface area contributed by atoms with Crippen LogP contribution in [0, 0.1) is 5.41 Å². The van der Waals surface area contributed by atoms with E-state index in [2.05, 4.69) is 31.4 Å². The van der Waals surface area contributed by atoms with E-state index in [0.29, 0.717) is 0 Å². The second-order valence-electron chi connectivity index (χ2n) is 8.48. The van der Waals surface area contributed by atoms with Gasteiger partial charge in [-0.3, -0.25) is 0 Å². The van der Waals surface area contributed by atoms with Crippen molar-refractivity contribution in [1.82, 2.24) is 10.6 Å². The molecule has 1 fully saturated rings. The molecule has 1 rings (SSSR count). The van der Waals surface area contributed by atoms with Gasteiger partial charge < -0.3 is 20.5 Å². The maximum absolute atomic E-state index is 12.2. The van der Waals surface area contributed by atoms with Crippen LogP contribution in [0.4, 0.5) is 4.79 Å². The van der Waals surface area contributed by atoms with E-state index >= 15 is 0 Å². The third-order valence-electron chi connectivity index (χ3n) is 3.79. The molecule has 124 valence electrons. The van der Waals surface area contributed by atoms with Crippen molar-refractivity contribution in [3.05, 3.63) is 0 Å². The molecule has 2 amide bonds. The lowest BCUT2D eigenvalue weighted by atomic mass is 9.88. The number of amides is 2. The van der Waals surface area contributed by atoms with Crippen LogP contribution in [0.15, 0.2) is 0 Å². The SMILES string of the molecule is CC(C)(C)CC(CO)NC(=O)NC1CC(C)(C)OC1(C)C. The monoisotopic (exact) mass is 300 g/mol. The minimum Gasteiger partial charge on any atom is -0.394 e. The Hall–Kier alpha value is -0.810. The van der Waals surface area contributed by atoms with Crippen molar-refractivity contribution in [3.63, 3.8) is 0 Å². The molecule has 0 aliphatic carbocycles. The molecule has 5 nitrogen and oxygen atoms in total. The number of ether oxygens (including phenoxy) is 1. The molecule has 5 heteroatoms. The molecule has 1 aliphatic heterocycles. The average Bonchev–Trinajstić information content (AvgIpc) is 2.43. The van der Waals surface area contributed by atoms with Crippen molar-refractivity contribution >= 4 is 6.03 Å². The topological polar surface area (TPSA) is 70.6 Å². The summed E-state index contributed by atoms with van der Waals surface area (Å²) in [6.45, 7) is 14.3. The average molecular weight is 300 g/mol. The summed E-state index contributed by atoms with van der Waals surface area (Å²) in [6, 6.07) is -0.511. The van der Waals surface area contributed by atoms with E-state index in [1.54, 1.807) is 0 Å². The maximum atomic E-state index is 12.2. The standard InChI is InChI=1S/C16H32N2O3/c1-14(2,3)8-11(10-19)17-13(20)18-12-9-15(4,5)21-16(12,6)7/h11-12,19H,8-10H2,1-7H3,(H2,17,18,20). The number of carbonyl (C=O) groups is 1. The highest BCUT2D eigenvalue weighted by Crippen LogP contribution is 2.37. The molecule has 3 N–H and O–H groups in total. The van der Waals surface area contributed by atoms with Gasteiger partial charge in [0.25, 0.3) is 0 Å². The Balaban J connectivity index is 2.57. The molecule has 0 radical (unpaired) electrons. The van der Waals surface area contributed by atoms with Gasteiger partial charge in [0.15, 0.2) is 0 Å². The van der Waals surface area contributed by atoms with Crippen molar-refractivity contribution in [1.29, 1.82) is 0 Å². The number of nitrogens with one attached hydrogen (secondary N) is 2. The van der Waals surface area contributed by atoms with Crippen LogP contribution in [-0.2, 0) is 4.74 Å². The number of hydrogen-bond acceptors (Lipinski definition) is 3. The second kappa shape index (κ2) is 6.13. The largest absolute Gasteiger partial charge is 0.394 e. The fourth-order valence-corrected chi connectivity index (χ4v) is 3.07. The van der Waals surface area contributed by atoms with Crippen LogP contribution in [-0.4, -0.2) is 41.0 Å². The third-order valence-corrected chi connectivity index (χ3v) is 3.79. The lowest BCUT2D eigenvalue weighted by Crippen LogP contribution is -2.53. The van der Waals surface area contributed by atoms with E-state index < -0.39 is 0 Å². The first kappa shape index (κ1) is 18.2. The summed E-state index contributed by atoms with van der Waals surface area (Å²) in [7, 11) is 0. The molecule has 2 atom stereocenters. The van der Waals surface area contributed by atoms with Crippen molar-refractivity contribution in [2.75, 3.05) is 6.61 Å². The van der Waals surface area contributed by atoms with E-state index in [1.165, 1.54) is 0 Å². The molecule has 1 aliphatic rings. The molecule has 0 aromatic heterocycles. The molecular weight excluding hydrogens is 268 g/mol. The van der Waals surface area contributed by atoms with Crippen LogP contribution in [0.25, 0.3) is 0 Å². The number of rotatable bonds is 4. The normalized spacial score (nSPS) is 25.4. The summed E-state index contributed by atoms with van der Waals surface area (Å²) in [5, 5.41) is 15.3. The van der Waals surface area contributed by atoms with E-state index in [0.717, 1.165) is 12.8 Å². The first-order valence-corrected chi connectivity index (χ1v) is 7.73. The Morgan fingerprint density at radius 1 is 1.33 bits per heavy atom. The van der Waals surface area contributed by atoms with Gasteiger partial charge in [0, 0.05) is 0 Å². The summed E-state index contributed by atoms with van der Waals surface area (Å²) < 4.78 is 5.97. The van der Waals surface area contributed by atoms with E-state index in [1.807, 2.05) is 27.7 Å². The number of aliphatic hydroxyl groups is 1. The zero-order valence-corrected chi connectivity index (χ0v) is 14.5. The molecular formula is C16H32N2O3. The predicted molar refractivity (Wildman–Crippen MR) is 84.3 cm³/mol. The smallest absolute Gasteiger partial charge is 0.315 e. The molecule has 0 saturated carbocycles. The Labute approximate surface area is 128 Å². The van der Waals surface area contributed by atoms with Gasteiger partial charge in [-0.15, -0.1) is 0 Å². The highest BCUT2D eigenvalue weighted by molar-refractivity contribution is 5.74. The van der Waals surface area contributed by atoms with Gasteiger partial charge in [0.05, 0.1) is 29.9 Å². The summed E-state index contributed by atoms with van der Waals surface area (Å²) in [5.74, 6) is 0. The highest BCUT2D eigenvalue weighted by atomic mass is 16.5. The molecule has 0 aromatic carbocycles. The van der Waals surface area contributed by atoms with Crippen LogP contribution in [0.5, 0.6) is 0 Å². The van der Waals surface area contributed by atoms with Gasteiger partial charge in [-0.1, -0.05) is 20.8 Å². The summed E-state index contributed by atoms with van der Waals surface area (Å²) in [6.07, 6.45) is 1.50. The predicted octanol–water partition coefficient (Wildman–Crippen LogP) is 2.43. The van der Waals surface area contributed by atoms with Crippen LogP contribution >= 0.6 is 0 Å². The fourth-order valence-electron chi connectivity index (χ4n) is 3.07. The number of aliphatic hydroxyl groups excluding tert-OH is 1. The van der Waals surface area contributed by atoms with Gasteiger partial charge in [0.1, 0.15) is 0 Å². The number of carbonyl (C=O) groups excluding carboxylic acids is 1. The second-order valence-corrected chi connectivity index (χ2v) is 8.48. The number of urea groups is 1. The fraction of sp³-hybridized carbons (Fsp3) is 0.938. The van der Waals surface area contributed by atoms with Crippen molar-refractivity contribution in [2.24, 2.45) is 5.41 Å². The van der Waals surface area contributed by atoms with Crippen molar-refractivity contribution in [2.45, 2.75) is 84.6 Å². The Bertz CT molecular complexity index is 372. The summed E-state index contributed by atoms with van der Waals surface area (Å²) in [5.41, 5.74) is -0.568. The van der Waals surface area contributed by atoms with Crippen LogP contribution in [0.3, 0.4) is 0 Å². The highest BCUT2D eigenvalue weighted by Gasteiger charge is 2.46. The molecule has 0 bridgehead atoms. The summed E-state index contributed by atoms with van der Waals surface area (Å²) >= 11 is 0.